The molecular weight excluding hydrogens is 343 g/mol. The number of anilines is 3. The molecule has 1 fully saturated rings. The Hall–Kier alpha value is -2.70. The van der Waals surface area contributed by atoms with Gasteiger partial charge < -0.3 is 15.4 Å². The van der Waals surface area contributed by atoms with Crippen LogP contribution in [0.15, 0.2) is 53.7 Å². The van der Waals surface area contributed by atoms with Gasteiger partial charge >= 0.3 is 6.18 Å². The SMILES string of the molecule is O/N=C/c1ccc(Nc2ccc(N3CCC(C(F)(F)F)CC3)cc2)cc1. The molecule has 138 valence electrons. The summed E-state index contributed by atoms with van der Waals surface area (Å²) in [6, 6.07) is 15.0. The maximum absolute atomic E-state index is 12.8. The largest absolute Gasteiger partial charge is 0.411 e. The van der Waals surface area contributed by atoms with Crippen LogP contribution in [0, 0.1) is 5.92 Å². The lowest BCUT2D eigenvalue weighted by atomic mass is 9.96. The highest BCUT2D eigenvalue weighted by atomic mass is 19.4. The summed E-state index contributed by atoms with van der Waals surface area (Å²) >= 11 is 0. The molecule has 1 saturated heterocycles. The Balaban J connectivity index is 1.59. The fourth-order valence-corrected chi connectivity index (χ4v) is 3.11. The van der Waals surface area contributed by atoms with Gasteiger partial charge in [-0.25, -0.2) is 0 Å². The molecule has 0 saturated carbocycles. The first-order chi connectivity index (χ1) is 12.5. The first-order valence-corrected chi connectivity index (χ1v) is 8.42. The highest BCUT2D eigenvalue weighted by Crippen LogP contribution is 2.35. The van der Waals surface area contributed by atoms with Crippen molar-refractivity contribution in [3.8, 4) is 0 Å². The number of rotatable bonds is 4. The molecule has 0 atom stereocenters. The van der Waals surface area contributed by atoms with Crippen LogP contribution in [0.5, 0.6) is 0 Å². The number of oxime groups is 1. The molecule has 0 unspecified atom stereocenters. The van der Waals surface area contributed by atoms with Gasteiger partial charge in [0.1, 0.15) is 0 Å². The minimum Gasteiger partial charge on any atom is -0.411 e. The molecule has 0 aromatic heterocycles. The third kappa shape index (κ3) is 4.47. The van der Waals surface area contributed by atoms with E-state index in [4.69, 9.17) is 5.21 Å². The summed E-state index contributed by atoms with van der Waals surface area (Å²) in [7, 11) is 0. The third-order valence-corrected chi connectivity index (χ3v) is 4.60. The topological polar surface area (TPSA) is 47.9 Å². The molecular formula is C19H20F3N3O. The van der Waals surface area contributed by atoms with E-state index in [1.54, 1.807) is 0 Å². The van der Waals surface area contributed by atoms with E-state index in [-0.39, 0.29) is 12.8 Å². The van der Waals surface area contributed by atoms with E-state index in [9.17, 15) is 13.2 Å². The molecule has 0 aliphatic carbocycles. The molecule has 0 amide bonds. The van der Waals surface area contributed by atoms with Crippen molar-refractivity contribution >= 4 is 23.3 Å². The smallest absolute Gasteiger partial charge is 0.391 e. The predicted octanol–water partition coefficient (Wildman–Crippen LogP) is 5.02. The van der Waals surface area contributed by atoms with E-state index >= 15 is 0 Å². The molecule has 3 rings (SSSR count). The predicted molar refractivity (Wildman–Crippen MR) is 96.5 cm³/mol. The number of benzene rings is 2. The van der Waals surface area contributed by atoms with Gasteiger partial charge in [0.15, 0.2) is 0 Å². The molecule has 7 heteroatoms. The summed E-state index contributed by atoms with van der Waals surface area (Å²) in [5.41, 5.74) is 3.50. The van der Waals surface area contributed by atoms with Gasteiger partial charge in [-0.1, -0.05) is 17.3 Å². The lowest BCUT2D eigenvalue weighted by Crippen LogP contribution is -2.38. The van der Waals surface area contributed by atoms with Crippen LogP contribution in [0.2, 0.25) is 0 Å². The minimum atomic E-state index is -4.08. The van der Waals surface area contributed by atoms with E-state index in [0.29, 0.717) is 13.1 Å². The van der Waals surface area contributed by atoms with E-state index in [1.165, 1.54) is 6.21 Å². The van der Waals surface area contributed by atoms with Gasteiger partial charge in [0.05, 0.1) is 12.1 Å². The molecule has 1 aliphatic rings. The fourth-order valence-electron chi connectivity index (χ4n) is 3.11. The van der Waals surface area contributed by atoms with Crippen molar-refractivity contribution in [2.45, 2.75) is 19.0 Å². The van der Waals surface area contributed by atoms with Gasteiger partial charge in [-0.2, -0.15) is 13.2 Å². The summed E-state index contributed by atoms with van der Waals surface area (Å²) in [6.07, 6.45) is -2.45. The van der Waals surface area contributed by atoms with Crippen LogP contribution < -0.4 is 10.2 Å². The summed E-state index contributed by atoms with van der Waals surface area (Å²) in [5, 5.41) is 14.7. The van der Waals surface area contributed by atoms with Crippen LogP contribution in [-0.2, 0) is 0 Å². The highest BCUT2D eigenvalue weighted by molar-refractivity contribution is 5.80. The Bertz CT molecular complexity index is 734. The Labute approximate surface area is 149 Å². The Morgan fingerprint density at radius 2 is 1.50 bits per heavy atom. The summed E-state index contributed by atoms with van der Waals surface area (Å²) < 4.78 is 38.3. The highest BCUT2D eigenvalue weighted by Gasteiger charge is 2.41. The Morgan fingerprint density at radius 3 is 2.00 bits per heavy atom. The second kappa shape index (κ2) is 7.68. The average molecular weight is 363 g/mol. The van der Waals surface area contributed by atoms with Crippen molar-refractivity contribution in [3.05, 3.63) is 54.1 Å². The average Bonchev–Trinajstić information content (AvgIpc) is 2.64. The van der Waals surface area contributed by atoms with E-state index in [1.807, 2.05) is 53.4 Å². The summed E-state index contributed by atoms with van der Waals surface area (Å²) in [6.45, 7) is 0.843. The van der Waals surface area contributed by atoms with Gasteiger partial charge in [-0.15, -0.1) is 0 Å². The first-order valence-electron chi connectivity index (χ1n) is 8.42. The van der Waals surface area contributed by atoms with Gasteiger partial charge in [0.2, 0.25) is 0 Å². The number of nitrogens with one attached hydrogen (secondary N) is 1. The Morgan fingerprint density at radius 1 is 0.962 bits per heavy atom. The molecule has 4 nitrogen and oxygen atoms in total. The minimum absolute atomic E-state index is 0.146. The van der Waals surface area contributed by atoms with Crippen LogP contribution >= 0.6 is 0 Å². The number of hydrogen-bond acceptors (Lipinski definition) is 4. The molecule has 26 heavy (non-hydrogen) atoms. The maximum atomic E-state index is 12.8. The van der Waals surface area contributed by atoms with E-state index < -0.39 is 12.1 Å². The summed E-state index contributed by atoms with van der Waals surface area (Å²) in [4.78, 5) is 2.00. The quantitative estimate of drug-likeness (QED) is 0.456. The zero-order chi connectivity index (χ0) is 18.6. The van der Waals surface area contributed by atoms with Gasteiger partial charge in [0, 0.05) is 30.2 Å². The molecule has 2 N–H and O–H groups in total. The number of nitrogens with zero attached hydrogens (tertiary/aromatic N) is 2. The van der Waals surface area contributed by atoms with Crippen molar-refractivity contribution < 1.29 is 18.4 Å². The first kappa shape index (κ1) is 18.1. The second-order valence-electron chi connectivity index (χ2n) is 6.34. The van der Waals surface area contributed by atoms with Gasteiger partial charge in [-0.3, -0.25) is 0 Å². The standard InChI is InChI=1S/C19H20F3N3O/c20-19(21,22)15-9-11-25(12-10-15)18-7-5-17(6-8-18)24-16-3-1-14(2-4-16)13-23-26/h1-8,13,15,24,26H,9-12H2/b23-13+. The van der Waals surface area contributed by atoms with Crippen LogP contribution in [0.3, 0.4) is 0 Å². The molecule has 2 aromatic rings. The van der Waals surface area contributed by atoms with Crippen LogP contribution in [0.1, 0.15) is 18.4 Å². The molecule has 0 radical (unpaired) electrons. The van der Waals surface area contributed by atoms with Crippen molar-refractivity contribution in [3.63, 3.8) is 0 Å². The third-order valence-electron chi connectivity index (χ3n) is 4.60. The molecule has 0 bridgehead atoms. The van der Waals surface area contributed by atoms with Gasteiger partial charge in [-0.05, 0) is 54.8 Å². The lowest BCUT2D eigenvalue weighted by molar-refractivity contribution is -0.179. The second-order valence-corrected chi connectivity index (χ2v) is 6.34. The van der Waals surface area contributed by atoms with E-state index in [2.05, 4.69) is 10.5 Å². The van der Waals surface area contributed by atoms with Crippen LogP contribution in [-0.4, -0.2) is 30.7 Å². The number of piperidine rings is 1. The number of hydrogen-bond donors (Lipinski definition) is 2. The monoisotopic (exact) mass is 363 g/mol. The van der Waals surface area contributed by atoms with Crippen molar-refractivity contribution in [2.75, 3.05) is 23.3 Å². The molecule has 2 aromatic carbocycles. The molecule has 1 aliphatic heterocycles. The lowest BCUT2D eigenvalue weighted by Gasteiger charge is -2.34. The fraction of sp³-hybridized carbons (Fsp3) is 0.316. The molecule has 1 heterocycles. The summed E-state index contributed by atoms with van der Waals surface area (Å²) in [5.74, 6) is -1.18. The van der Waals surface area contributed by atoms with Crippen molar-refractivity contribution in [1.29, 1.82) is 0 Å². The zero-order valence-corrected chi connectivity index (χ0v) is 14.1. The number of alkyl halides is 3. The maximum Gasteiger partial charge on any atom is 0.391 e. The van der Waals surface area contributed by atoms with E-state index in [0.717, 1.165) is 22.6 Å². The number of halogens is 3. The van der Waals surface area contributed by atoms with Crippen LogP contribution in [0.25, 0.3) is 0 Å². The zero-order valence-electron chi connectivity index (χ0n) is 14.1. The van der Waals surface area contributed by atoms with Crippen LogP contribution in [0.4, 0.5) is 30.2 Å². The Kier molecular flexibility index (Phi) is 5.35. The van der Waals surface area contributed by atoms with Crippen molar-refractivity contribution in [1.82, 2.24) is 0 Å². The van der Waals surface area contributed by atoms with Crippen molar-refractivity contribution in [2.24, 2.45) is 11.1 Å². The molecule has 0 spiro atoms. The normalized spacial score (nSPS) is 16.2. The van der Waals surface area contributed by atoms with Gasteiger partial charge in [0.25, 0.3) is 0 Å².